The number of pyridine rings is 2. The van der Waals surface area contributed by atoms with E-state index in [9.17, 15) is 9.18 Å². The molecule has 2 aromatic heterocycles. The number of ether oxygens (including phenoxy) is 1. The van der Waals surface area contributed by atoms with Gasteiger partial charge in [0.05, 0.1) is 23.5 Å². The zero-order valence-electron chi connectivity index (χ0n) is 21.1. The molecule has 0 spiro atoms. The van der Waals surface area contributed by atoms with Crippen molar-refractivity contribution < 1.29 is 13.9 Å². The number of hydrogen-bond acceptors (Lipinski definition) is 6. The summed E-state index contributed by atoms with van der Waals surface area (Å²) in [5.74, 6) is 0.427. The van der Waals surface area contributed by atoms with E-state index in [-0.39, 0.29) is 30.2 Å². The van der Waals surface area contributed by atoms with Crippen LogP contribution in [0.3, 0.4) is 0 Å². The average Bonchev–Trinajstić information content (AvgIpc) is 2.88. The molecule has 1 saturated heterocycles. The van der Waals surface area contributed by atoms with Gasteiger partial charge in [0, 0.05) is 56.0 Å². The summed E-state index contributed by atoms with van der Waals surface area (Å²) in [5, 5.41) is 0.380. The number of ketones is 1. The van der Waals surface area contributed by atoms with Crippen LogP contribution in [0, 0.1) is 11.7 Å². The van der Waals surface area contributed by atoms with Crippen LogP contribution in [-0.2, 0) is 11.2 Å². The highest BCUT2D eigenvalue weighted by Crippen LogP contribution is 2.37. The van der Waals surface area contributed by atoms with Gasteiger partial charge in [0.25, 0.3) is 0 Å². The van der Waals surface area contributed by atoms with Crippen LogP contribution in [0.5, 0.6) is 0 Å². The summed E-state index contributed by atoms with van der Waals surface area (Å²) in [7, 11) is 1.74. The van der Waals surface area contributed by atoms with Gasteiger partial charge in [0.2, 0.25) is 0 Å². The minimum absolute atomic E-state index is 0.0800. The molecule has 1 aromatic carbocycles. The Balaban J connectivity index is 1.41. The first-order chi connectivity index (χ1) is 17.4. The van der Waals surface area contributed by atoms with Gasteiger partial charge in [-0.1, -0.05) is 6.92 Å². The molecule has 7 heteroatoms. The van der Waals surface area contributed by atoms with Crippen molar-refractivity contribution in [3.8, 4) is 0 Å². The number of benzene rings is 1. The van der Waals surface area contributed by atoms with Crippen molar-refractivity contribution in [2.45, 2.75) is 63.5 Å². The molecule has 0 bridgehead atoms. The second-order valence-electron chi connectivity index (χ2n) is 10.6. The highest BCUT2D eigenvalue weighted by Gasteiger charge is 2.28. The zero-order chi connectivity index (χ0) is 25.2. The number of carbonyl (C=O) groups is 1. The number of nitrogens with two attached hydrogens (primary N) is 1. The van der Waals surface area contributed by atoms with E-state index in [1.54, 1.807) is 31.8 Å². The molecule has 0 unspecified atom stereocenters. The third kappa shape index (κ3) is 5.13. The van der Waals surface area contributed by atoms with Gasteiger partial charge >= 0.3 is 0 Å². The Kier molecular flexibility index (Phi) is 7.30. The molecule has 1 saturated carbocycles. The lowest BCUT2D eigenvalue weighted by Gasteiger charge is -2.32. The van der Waals surface area contributed by atoms with Gasteiger partial charge < -0.3 is 15.4 Å². The molecule has 3 heterocycles. The van der Waals surface area contributed by atoms with Gasteiger partial charge in [-0.25, -0.2) is 4.39 Å². The fourth-order valence-corrected chi connectivity index (χ4v) is 6.09. The molecule has 2 N–H and O–H groups in total. The summed E-state index contributed by atoms with van der Waals surface area (Å²) < 4.78 is 20.4. The topological polar surface area (TPSA) is 81.3 Å². The average molecular weight is 491 g/mol. The Morgan fingerprint density at radius 1 is 1.17 bits per heavy atom. The van der Waals surface area contributed by atoms with Crippen LogP contribution >= 0.6 is 0 Å². The Morgan fingerprint density at radius 2 is 1.97 bits per heavy atom. The van der Waals surface area contributed by atoms with Crippen LogP contribution in [0.15, 0.2) is 42.9 Å². The number of hydrogen-bond donors (Lipinski definition) is 1. The van der Waals surface area contributed by atoms with Gasteiger partial charge in [0.1, 0.15) is 5.82 Å². The van der Waals surface area contributed by atoms with E-state index >= 15 is 0 Å². The number of aromatic nitrogens is 2. The predicted molar refractivity (Wildman–Crippen MR) is 140 cm³/mol. The first-order valence-corrected chi connectivity index (χ1v) is 13.0. The van der Waals surface area contributed by atoms with Crippen molar-refractivity contribution in [3.63, 3.8) is 0 Å². The number of rotatable bonds is 6. The highest BCUT2D eigenvalue weighted by molar-refractivity contribution is 6.08. The molecule has 2 fully saturated rings. The summed E-state index contributed by atoms with van der Waals surface area (Å²) in [4.78, 5) is 24.6. The fourth-order valence-electron chi connectivity index (χ4n) is 6.09. The van der Waals surface area contributed by atoms with Gasteiger partial charge in [-0.3, -0.25) is 14.8 Å². The summed E-state index contributed by atoms with van der Waals surface area (Å²) in [6.07, 6.45) is 10.7. The minimum atomic E-state index is -0.366. The number of piperidine rings is 1. The highest BCUT2D eigenvalue weighted by atomic mass is 19.1. The molecule has 1 aliphatic carbocycles. The van der Waals surface area contributed by atoms with Crippen LogP contribution in [0.2, 0.25) is 0 Å². The third-order valence-electron chi connectivity index (χ3n) is 7.93. The maximum Gasteiger partial charge on any atom is 0.169 e. The molecule has 3 aromatic rings. The summed E-state index contributed by atoms with van der Waals surface area (Å²) in [6.45, 7) is 3.90. The Morgan fingerprint density at radius 3 is 2.72 bits per heavy atom. The summed E-state index contributed by atoms with van der Waals surface area (Å²) in [5.41, 5.74) is 10.1. The fraction of sp³-hybridized carbons (Fsp3) is 0.483. The van der Waals surface area contributed by atoms with Crippen LogP contribution in [0.25, 0.3) is 10.9 Å². The molecule has 3 atom stereocenters. The molecule has 6 nitrogen and oxygen atoms in total. The van der Waals surface area contributed by atoms with E-state index in [1.807, 2.05) is 12.1 Å². The minimum Gasteiger partial charge on any atom is -0.381 e. The largest absolute Gasteiger partial charge is 0.381 e. The number of fused-ring (bicyclic) bond motifs is 1. The molecule has 2 aliphatic rings. The van der Waals surface area contributed by atoms with Crippen LogP contribution in [0.1, 0.15) is 66.4 Å². The van der Waals surface area contributed by atoms with Crippen LogP contribution in [-0.4, -0.2) is 48.1 Å². The summed E-state index contributed by atoms with van der Waals surface area (Å²) >= 11 is 0. The lowest BCUT2D eigenvalue weighted by atomic mass is 9.75. The number of halogens is 1. The molecular formula is C29H35FN4O2. The van der Waals surface area contributed by atoms with Gasteiger partial charge in [-0.15, -0.1) is 0 Å². The third-order valence-corrected chi connectivity index (χ3v) is 7.93. The van der Waals surface area contributed by atoms with Crippen molar-refractivity contribution in [1.82, 2.24) is 9.97 Å². The SMILES string of the molecule is COC1CCN(c2cnc3c(C(=O)Cc4cnccc4[C@@H]4C[C@H](C)C[C@H](N)C4)ccc(F)c3c2)CC1. The number of nitrogens with zero attached hydrogens (tertiary/aromatic N) is 3. The smallest absolute Gasteiger partial charge is 0.169 e. The number of methoxy groups -OCH3 is 1. The lowest BCUT2D eigenvalue weighted by molar-refractivity contribution is 0.0819. The first-order valence-electron chi connectivity index (χ1n) is 13.0. The first kappa shape index (κ1) is 24.8. The van der Waals surface area contributed by atoms with E-state index in [0.717, 1.165) is 62.0 Å². The van der Waals surface area contributed by atoms with Crippen molar-refractivity contribution in [2.24, 2.45) is 11.7 Å². The molecule has 190 valence electrons. The van der Waals surface area contributed by atoms with Crippen LogP contribution < -0.4 is 10.6 Å². The molecular weight excluding hydrogens is 455 g/mol. The van der Waals surface area contributed by atoms with E-state index in [1.165, 1.54) is 6.07 Å². The molecule has 0 amide bonds. The maximum atomic E-state index is 14.9. The second kappa shape index (κ2) is 10.6. The maximum absolute atomic E-state index is 14.9. The Hall–Kier alpha value is -2.90. The predicted octanol–water partition coefficient (Wildman–Crippen LogP) is 5.04. The zero-order valence-corrected chi connectivity index (χ0v) is 21.1. The monoisotopic (exact) mass is 490 g/mol. The number of anilines is 1. The van der Waals surface area contributed by atoms with Crippen molar-refractivity contribution >= 4 is 22.4 Å². The molecule has 1 aliphatic heterocycles. The Bertz CT molecular complexity index is 1230. The number of carbonyl (C=O) groups excluding carboxylic acids is 1. The Labute approximate surface area is 212 Å². The van der Waals surface area contributed by atoms with E-state index in [4.69, 9.17) is 10.5 Å². The van der Waals surface area contributed by atoms with Gasteiger partial charge in [-0.2, -0.15) is 0 Å². The standard InChI is InChI=1S/C29H35FN4O2/c1-18-11-19(13-21(31)12-18)24-5-8-32-16-20(24)14-28(35)25-3-4-27(30)26-15-22(17-33-29(25)26)34-9-6-23(36-2)7-10-34/h3-5,8,15-19,21,23H,6-7,9-14,31H2,1-2H3/t18-,19+,21-/m0/s1. The van der Waals surface area contributed by atoms with Crippen molar-refractivity contribution in [1.29, 1.82) is 0 Å². The quantitative estimate of drug-likeness (QED) is 0.488. The second-order valence-corrected chi connectivity index (χ2v) is 10.6. The molecule has 36 heavy (non-hydrogen) atoms. The summed E-state index contributed by atoms with van der Waals surface area (Å²) in [6, 6.07) is 6.96. The van der Waals surface area contributed by atoms with Crippen molar-refractivity contribution in [3.05, 3.63) is 65.4 Å². The van der Waals surface area contributed by atoms with E-state index in [2.05, 4.69) is 21.8 Å². The molecule has 0 radical (unpaired) electrons. The number of Topliss-reactive ketones (excluding diaryl/α,β-unsaturated/α-hetero) is 1. The van der Waals surface area contributed by atoms with Crippen LogP contribution in [0.4, 0.5) is 10.1 Å². The van der Waals surface area contributed by atoms with Crippen molar-refractivity contribution in [2.75, 3.05) is 25.1 Å². The van der Waals surface area contributed by atoms with Gasteiger partial charge in [-0.05, 0) is 79.3 Å². The molecule has 5 rings (SSSR count). The lowest BCUT2D eigenvalue weighted by Crippen LogP contribution is -2.36. The van der Waals surface area contributed by atoms with E-state index in [0.29, 0.717) is 28.3 Å². The van der Waals surface area contributed by atoms with Gasteiger partial charge in [0.15, 0.2) is 5.78 Å². The normalized spacial score (nSPS) is 23.2. The van der Waals surface area contributed by atoms with E-state index < -0.39 is 0 Å².